The van der Waals surface area contributed by atoms with Crippen LogP contribution < -0.4 is 11.1 Å². The van der Waals surface area contributed by atoms with E-state index in [0.29, 0.717) is 13.1 Å². The number of aryl methyl sites for hydroxylation is 1. The number of nitrogens with two attached hydrogens (primary N) is 1. The van der Waals surface area contributed by atoms with E-state index < -0.39 is 0 Å². The maximum atomic E-state index is 14.1. The highest BCUT2D eigenvalue weighted by Crippen LogP contribution is 2.39. The van der Waals surface area contributed by atoms with Crippen molar-refractivity contribution in [2.45, 2.75) is 39.8 Å². The first-order valence-electron chi connectivity index (χ1n) is 10.6. The standard InChI is InChI=1S/C25H30FN5/c1-5-21(14-27)30-15-22-29-23(18-7-6-8-19(26)13-18)24(31(22)25(3,4)16-30)28-20-11-9-17(2)10-12-20/h5-13,28H,14-16,27H2,1-4H3/b21-5-. The van der Waals surface area contributed by atoms with E-state index in [1.807, 2.05) is 13.0 Å². The van der Waals surface area contributed by atoms with Gasteiger partial charge in [-0.3, -0.25) is 0 Å². The second-order valence-corrected chi connectivity index (χ2v) is 8.71. The maximum Gasteiger partial charge on any atom is 0.139 e. The van der Waals surface area contributed by atoms with Gasteiger partial charge in [-0.15, -0.1) is 0 Å². The summed E-state index contributed by atoms with van der Waals surface area (Å²) in [5, 5.41) is 3.57. The van der Waals surface area contributed by atoms with Gasteiger partial charge in [0.1, 0.15) is 23.2 Å². The summed E-state index contributed by atoms with van der Waals surface area (Å²) < 4.78 is 16.3. The first kappa shape index (κ1) is 21.1. The summed E-state index contributed by atoms with van der Waals surface area (Å²) in [5.41, 5.74) is 10.5. The van der Waals surface area contributed by atoms with Gasteiger partial charge in [0.05, 0.1) is 12.1 Å². The van der Waals surface area contributed by atoms with E-state index in [4.69, 9.17) is 10.7 Å². The Labute approximate surface area is 183 Å². The fourth-order valence-electron chi connectivity index (χ4n) is 4.35. The molecule has 3 aromatic rings. The molecule has 0 saturated heterocycles. The van der Waals surface area contributed by atoms with Crippen molar-refractivity contribution in [2.24, 2.45) is 5.73 Å². The lowest BCUT2D eigenvalue weighted by Gasteiger charge is -2.42. The van der Waals surface area contributed by atoms with Gasteiger partial charge in [-0.25, -0.2) is 9.37 Å². The molecule has 3 N–H and O–H groups in total. The van der Waals surface area contributed by atoms with Crippen molar-refractivity contribution in [3.8, 4) is 11.3 Å². The summed E-state index contributed by atoms with van der Waals surface area (Å²) in [6.45, 7) is 10.4. The van der Waals surface area contributed by atoms with Crippen molar-refractivity contribution in [2.75, 3.05) is 18.4 Å². The van der Waals surface area contributed by atoms with E-state index in [2.05, 4.69) is 65.9 Å². The second-order valence-electron chi connectivity index (χ2n) is 8.71. The van der Waals surface area contributed by atoms with Crippen LogP contribution in [-0.2, 0) is 12.1 Å². The summed E-state index contributed by atoms with van der Waals surface area (Å²) in [7, 11) is 0. The number of rotatable bonds is 5. The molecule has 6 heteroatoms. The van der Waals surface area contributed by atoms with Crippen LogP contribution in [0.1, 0.15) is 32.2 Å². The summed E-state index contributed by atoms with van der Waals surface area (Å²) in [6.07, 6.45) is 2.06. The van der Waals surface area contributed by atoms with Gasteiger partial charge in [-0.2, -0.15) is 0 Å². The van der Waals surface area contributed by atoms with Crippen LogP contribution in [0.15, 0.2) is 60.3 Å². The van der Waals surface area contributed by atoms with Crippen LogP contribution in [0.3, 0.4) is 0 Å². The molecule has 0 saturated carbocycles. The Morgan fingerprint density at radius 3 is 2.61 bits per heavy atom. The summed E-state index contributed by atoms with van der Waals surface area (Å²) >= 11 is 0. The summed E-state index contributed by atoms with van der Waals surface area (Å²) in [5.74, 6) is 1.53. The molecule has 1 aliphatic heterocycles. The van der Waals surface area contributed by atoms with Crippen LogP contribution in [0, 0.1) is 12.7 Å². The molecule has 0 aliphatic carbocycles. The molecule has 0 unspecified atom stereocenters. The van der Waals surface area contributed by atoms with Gasteiger partial charge in [-0.05, 0) is 52.0 Å². The van der Waals surface area contributed by atoms with Gasteiger partial charge >= 0.3 is 0 Å². The molecule has 2 heterocycles. The number of hydrogen-bond acceptors (Lipinski definition) is 4. The number of nitrogens with zero attached hydrogens (tertiary/aromatic N) is 3. The number of anilines is 2. The lowest BCUT2D eigenvalue weighted by molar-refractivity contribution is 0.164. The van der Waals surface area contributed by atoms with Crippen molar-refractivity contribution in [1.29, 1.82) is 0 Å². The molecule has 1 aromatic heterocycles. The SMILES string of the molecule is C/C=C(/CN)N1Cc2nc(-c3cccc(F)c3)c(Nc3ccc(C)cc3)n2C(C)(C)C1. The number of fused-ring (bicyclic) bond motifs is 1. The minimum absolute atomic E-state index is 0.247. The Kier molecular flexibility index (Phi) is 5.58. The number of halogens is 1. The minimum atomic E-state index is -0.273. The Hall–Kier alpha value is -3.12. The molecule has 0 atom stereocenters. The highest BCUT2D eigenvalue weighted by atomic mass is 19.1. The Morgan fingerprint density at radius 1 is 1.23 bits per heavy atom. The zero-order chi connectivity index (χ0) is 22.2. The monoisotopic (exact) mass is 419 g/mol. The van der Waals surface area contributed by atoms with Gasteiger partial charge in [0, 0.05) is 30.0 Å². The lowest BCUT2D eigenvalue weighted by Crippen LogP contribution is -2.47. The molecule has 4 rings (SSSR count). The van der Waals surface area contributed by atoms with Crippen LogP contribution in [0.5, 0.6) is 0 Å². The van der Waals surface area contributed by atoms with Gasteiger partial charge in [0.25, 0.3) is 0 Å². The number of allylic oxidation sites excluding steroid dienone is 1. The average Bonchev–Trinajstić information content (AvgIpc) is 3.09. The first-order chi connectivity index (χ1) is 14.8. The van der Waals surface area contributed by atoms with Crippen molar-refractivity contribution in [3.63, 3.8) is 0 Å². The molecular weight excluding hydrogens is 389 g/mol. The Balaban J connectivity index is 1.87. The topological polar surface area (TPSA) is 59.1 Å². The van der Waals surface area contributed by atoms with E-state index in [9.17, 15) is 4.39 Å². The number of aromatic nitrogens is 2. The molecule has 0 amide bonds. The van der Waals surface area contributed by atoms with Crippen LogP contribution >= 0.6 is 0 Å². The predicted octanol–water partition coefficient (Wildman–Crippen LogP) is 5.15. The molecule has 0 bridgehead atoms. The maximum absolute atomic E-state index is 14.1. The predicted molar refractivity (Wildman–Crippen MR) is 125 cm³/mol. The molecule has 0 spiro atoms. The van der Waals surface area contributed by atoms with Crippen molar-refractivity contribution in [3.05, 3.63) is 77.5 Å². The quantitative estimate of drug-likeness (QED) is 0.600. The van der Waals surface area contributed by atoms with Gasteiger partial charge in [-0.1, -0.05) is 35.9 Å². The highest BCUT2D eigenvalue weighted by Gasteiger charge is 2.36. The first-order valence-corrected chi connectivity index (χ1v) is 10.6. The minimum Gasteiger partial charge on any atom is -0.364 e. The second kappa shape index (κ2) is 8.19. The molecule has 162 valence electrons. The van der Waals surface area contributed by atoms with E-state index in [-0.39, 0.29) is 11.4 Å². The third kappa shape index (κ3) is 4.08. The van der Waals surface area contributed by atoms with E-state index in [0.717, 1.165) is 40.8 Å². The van der Waals surface area contributed by atoms with Crippen molar-refractivity contribution < 1.29 is 4.39 Å². The lowest BCUT2D eigenvalue weighted by atomic mass is 10.0. The highest BCUT2D eigenvalue weighted by molar-refractivity contribution is 5.77. The van der Waals surface area contributed by atoms with Crippen molar-refractivity contribution in [1.82, 2.24) is 14.5 Å². The summed E-state index contributed by atoms with van der Waals surface area (Å²) in [6, 6.07) is 14.9. The largest absolute Gasteiger partial charge is 0.364 e. The zero-order valence-electron chi connectivity index (χ0n) is 18.6. The number of hydrogen-bond donors (Lipinski definition) is 2. The molecular formula is C25H30FN5. The fraction of sp³-hybridized carbons (Fsp3) is 0.320. The van der Waals surface area contributed by atoms with Crippen LogP contribution in [-0.4, -0.2) is 27.5 Å². The molecule has 31 heavy (non-hydrogen) atoms. The third-order valence-corrected chi connectivity index (χ3v) is 5.82. The molecule has 1 aliphatic rings. The van der Waals surface area contributed by atoms with Crippen molar-refractivity contribution >= 4 is 11.5 Å². The summed E-state index contributed by atoms with van der Waals surface area (Å²) in [4.78, 5) is 7.28. The third-order valence-electron chi connectivity index (χ3n) is 5.82. The fourth-order valence-corrected chi connectivity index (χ4v) is 4.35. The van der Waals surface area contributed by atoms with Crippen LogP contribution in [0.25, 0.3) is 11.3 Å². The van der Waals surface area contributed by atoms with Gasteiger partial charge in [0.2, 0.25) is 0 Å². The Bertz CT molecular complexity index is 1110. The molecule has 0 fully saturated rings. The van der Waals surface area contributed by atoms with Gasteiger partial charge in [0.15, 0.2) is 0 Å². The van der Waals surface area contributed by atoms with E-state index >= 15 is 0 Å². The van der Waals surface area contributed by atoms with Gasteiger partial charge < -0.3 is 20.5 Å². The van der Waals surface area contributed by atoms with E-state index in [1.165, 1.54) is 17.7 Å². The molecule has 2 aromatic carbocycles. The van der Waals surface area contributed by atoms with Crippen LogP contribution in [0.2, 0.25) is 0 Å². The zero-order valence-corrected chi connectivity index (χ0v) is 18.6. The smallest absolute Gasteiger partial charge is 0.139 e. The van der Waals surface area contributed by atoms with Crippen LogP contribution in [0.4, 0.5) is 15.9 Å². The van der Waals surface area contributed by atoms with E-state index in [1.54, 1.807) is 6.07 Å². The number of imidazole rings is 1. The number of benzene rings is 2. The Morgan fingerprint density at radius 2 is 1.97 bits per heavy atom. The normalized spacial score (nSPS) is 15.7. The number of nitrogens with one attached hydrogen (secondary N) is 1. The molecule has 0 radical (unpaired) electrons. The average molecular weight is 420 g/mol. The molecule has 5 nitrogen and oxygen atoms in total.